The highest BCUT2D eigenvalue weighted by atomic mass is 16.5. The van der Waals surface area contributed by atoms with E-state index in [-0.39, 0.29) is 11.9 Å². The van der Waals surface area contributed by atoms with Crippen molar-refractivity contribution in [1.82, 2.24) is 5.01 Å². The maximum absolute atomic E-state index is 13.3. The highest BCUT2D eigenvalue weighted by Crippen LogP contribution is 2.38. The second-order valence-corrected chi connectivity index (χ2v) is 6.45. The standard InChI is InChI=1S/C22H20N2O3/c1-15-8-3-4-9-16(15)22(25)24-19(17-10-5-6-11-20(17)26-2)14-18(23-24)21-12-7-13-27-21/h3-13,19H,14H2,1-2H3/t19-/m0/s1. The minimum atomic E-state index is -0.256. The van der Waals surface area contributed by atoms with Crippen molar-refractivity contribution in [1.29, 1.82) is 0 Å². The zero-order valence-electron chi connectivity index (χ0n) is 15.3. The first-order chi connectivity index (χ1) is 13.2. The third-order valence-corrected chi connectivity index (χ3v) is 4.80. The number of benzene rings is 2. The van der Waals surface area contributed by atoms with Gasteiger partial charge in [0.15, 0.2) is 0 Å². The Bertz CT molecular complexity index is 992. The molecule has 2 heterocycles. The van der Waals surface area contributed by atoms with E-state index in [0.29, 0.717) is 17.7 Å². The van der Waals surface area contributed by atoms with Gasteiger partial charge in [0.2, 0.25) is 0 Å². The molecule has 1 amide bonds. The van der Waals surface area contributed by atoms with Crippen LogP contribution in [0.25, 0.3) is 0 Å². The number of rotatable bonds is 4. The van der Waals surface area contributed by atoms with Gasteiger partial charge in [0.1, 0.15) is 17.2 Å². The summed E-state index contributed by atoms with van der Waals surface area (Å²) in [6, 6.07) is 18.7. The van der Waals surface area contributed by atoms with Crippen LogP contribution in [0.5, 0.6) is 5.75 Å². The number of para-hydroxylation sites is 1. The summed E-state index contributed by atoms with van der Waals surface area (Å²) in [6.07, 6.45) is 2.17. The maximum Gasteiger partial charge on any atom is 0.274 e. The minimum absolute atomic E-state index is 0.134. The summed E-state index contributed by atoms with van der Waals surface area (Å²) in [5.74, 6) is 1.28. The van der Waals surface area contributed by atoms with Crippen molar-refractivity contribution in [3.63, 3.8) is 0 Å². The lowest BCUT2D eigenvalue weighted by Crippen LogP contribution is -2.28. The molecule has 27 heavy (non-hydrogen) atoms. The molecule has 136 valence electrons. The number of hydrogen-bond donors (Lipinski definition) is 0. The molecule has 0 bridgehead atoms. The van der Waals surface area contributed by atoms with Crippen LogP contribution in [0.15, 0.2) is 76.4 Å². The van der Waals surface area contributed by atoms with E-state index < -0.39 is 0 Å². The molecule has 0 unspecified atom stereocenters. The van der Waals surface area contributed by atoms with E-state index in [1.54, 1.807) is 18.4 Å². The number of aryl methyl sites for hydroxylation is 1. The number of methoxy groups -OCH3 is 1. The molecule has 0 fully saturated rings. The van der Waals surface area contributed by atoms with Gasteiger partial charge in [-0.2, -0.15) is 5.10 Å². The Morgan fingerprint density at radius 2 is 1.89 bits per heavy atom. The Kier molecular flexibility index (Phi) is 4.50. The molecule has 4 rings (SSSR count). The molecular formula is C22H20N2O3. The Labute approximate surface area is 157 Å². The van der Waals surface area contributed by atoms with Gasteiger partial charge in [0.25, 0.3) is 5.91 Å². The molecule has 2 aromatic carbocycles. The third kappa shape index (κ3) is 3.12. The summed E-state index contributed by atoms with van der Waals surface area (Å²) in [5.41, 5.74) is 3.23. The quantitative estimate of drug-likeness (QED) is 0.684. The molecule has 0 saturated heterocycles. The molecule has 3 aromatic rings. The van der Waals surface area contributed by atoms with Crippen LogP contribution in [-0.4, -0.2) is 23.7 Å². The first kappa shape index (κ1) is 17.1. The van der Waals surface area contributed by atoms with Gasteiger partial charge in [-0.3, -0.25) is 4.79 Å². The summed E-state index contributed by atoms with van der Waals surface area (Å²) >= 11 is 0. The summed E-state index contributed by atoms with van der Waals surface area (Å²) in [4.78, 5) is 13.3. The number of carbonyl (C=O) groups excluding carboxylic acids is 1. The molecule has 5 nitrogen and oxygen atoms in total. The lowest BCUT2D eigenvalue weighted by atomic mass is 9.99. The van der Waals surface area contributed by atoms with E-state index in [2.05, 4.69) is 5.10 Å². The molecule has 5 heteroatoms. The Balaban J connectivity index is 1.78. The fourth-order valence-electron chi connectivity index (χ4n) is 3.41. The average Bonchev–Trinajstić information content (AvgIpc) is 3.37. The lowest BCUT2D eigenvalue weighted by molar-refractivity contribution is 0.0708. The average molecular weight is 360 g/mol. The van der Waals surface area contributed by atoms with Crippen molar-refractivity contribution in [3.05, 3.63) is 89.4 Å². The zero-order chi connectivity index (χ0) is 18.8. The minimum Gasteiger partial charge on any atom is -0.496 e. The van der Waals surface area contributed by atoms with Crippen molar-refractivity contribution in [2.45, 2.75) is 19.4 Å². The second kappa shape index (κ2) is 7.11. The van der Waals surface area contributed by atoms with E-state index in [1.807, 2.05) is 67.6 Å². The SMILES string of the molecule is COc1ccccc1[C@@H]1CC(c2ccco2)=NN1C(=O)c1ccccc1C. The van der Waals surface area contributed by atoms with E-state index >= 15 is 0 Å². The highest BCUT2D eigenvalue weighted by Gasteiger charge is 2.36. The van der Waals surface area contributed by atoms with Gasteiger partial charge in [-0.15, -0.1) is 0 Å². The normalized spacial score (nSPS) is 16.3. The van der Waals surface area contributed by atoms with Gasteiger partial charge in [-0.05, 0) is 36.8 Å². The van der Waals surface area contributed by atoms with Crippen molar-refractivity contribution < 1.29 is 13.9 Å². The molecule has 0 saturated carbocycles. The van der Waals surface area contributed by atoms with Gasteiger partial charge in [-0.25, -0.2) is 5.01 Å². The van der Waals surface area contributed by atoms with Crippen LogP contribution in [0.1, 0.15) is 39.7 Å². The predicted molar refractivity (Wildman–Crippen MR) is 103 cm³/mol. The molecule has 1 atom stereocenters. The molecule has 0 N–H and O–H groups in total. The summed E-state index contributed by atoms with van der Waals surface area (Å²) in [5, 5.41) is 6.19. The number of ether oxygens (including phenoxy) is 1. The number of amides is 1. The fourth-order valence-corrected chi connectivity index (χ4v) is 3.41. The van der Waals surface area contributed by atoms with Crippen LogP contribution in [0.4, 0.5) is 0 Å². The number of furan rings is 1. The number of hydrogen-bond acceptors (Lipinski definition) is 4. The van der Waals surface area contributed by atoms with Crippen LogP contribution in [0.2, 0.25) is 0 Å². The molecule has 1 aliphatic rings. The van der Waals surface area contributed by atoms with Crippen LogP contribution in [-0.2, 0) is 0 Å². The van der Waals surface area contributed by atoms with E-state index in [1.165, 1.54) is 0 Å². The smallest absolute Gasteiger partial charge is 0.274 e. The van der Waals surface area contributed by atoms with E-state index in [4.69, 9.17) is 9.15 Å². The van der Waals surface area contributed by atoms with Crippen molar-refractivity contribution in [2.75, 3.05) is 7.11 Å². The van der Waals surface area contributed by atoms with Crippen LogP contribution in [0, 0.1) is 6.92 Å². The molecule has 1 aliphatic heterocycles. The maximum atomic E-state index is 13.3. The van der Waals surface area contributed by atoms with Gasteiger partial charge in [0.05, 0.1) is 19.4 Å². The number of nitrogens with zero attached hydrogens (tertiary/aromatic N) is 2. The monoisotopic (exact) mass is 360 g/mol. The van der Waals surface area contributed by atoms with Crippen LogP contribution in [0.3, 0.4) is 0 Å². The van der Waals surface area contributed by atoms with Gasteiger partial charge < -0.3 is 9.15 Å². The van der Waals surface area contributed by atoms with E-state index in [9.17, 15) is 4.79 Å². The number of carbonyl (C=O) groups is 1. The van der Waals surface area contributed by atoms with Gasteiger partial charge in [-0.1, -0.05) is 36.4 Å². The lowest BCUT2D eigenvalue weighted by Gasteiger charge is -2.24. The fraction of sp³-hybridized carbons (Fsp3) is 0.182. The summed E-state index contributed by atoms with van der Waals surface area (Å²) < 4.78 is 11.0. The first-order valence-corrected chi connectivity index (χ1v) is 8.82. The largest absolute Gasteiger partial charge is 0.496 e. The van der Waals surface area contributed by atoms with Crippen LogP contribution >= 0.6 is 0 Å². The summed E-state index contributed by atoms with van der Waals surface area (Å²) in [7, 11) is 1.63. The highest BCUT2D eigenvalue weighted by molar-refractivity contribution is 6.03. The molecule has 0 spiro atoms. The molecular weight excluding hydrogens is 340 g/mol. The Morgan fingerprint density at radius 3 is 2.63 bits per heavy atom. The topological polar surface area (TPSA) is 55.0 Å². The molecule has 0 radical (unpaired) electrons. The van der Waals surface area contributed by atoms with Crippen molar-refractivity contribution in [3.8, 4) is 5.75 Å². The second-order valence-electron chi connectivity index (χ2n) is 6.45. The van der Waals surface area contributed by atoms with Gasteiger partial charge in [0, 0.05) is 17.5 Å². The van der Waals surface area contributed by atoms with Crippen molar-refractivity contribution >= 4 is 11.6 Å². The first-order valence-electron chi connectivity index (χ1n) is 8.82. The number of hydrazone groups is 1. The van der Waals surface area contributed by atoms with Crippen molar-refractivity contribution in [2.24, 2.45) is 5.10 Å². The molecule has 1 aromatic heterocycles. The van der Waals surface area contributed by atoms with Crippen LogP contribution < -0.4 is 4.74 Å². The Morgan fingerprint density at radius 1 is 1.11 bits per heavy atom. The van der Waals surface area contributed by atoms with Gasteiger partial charge >= 0.3 is 0 Å². The summed E-state index contributed by atoms with van der Waals surface area (Å²) in [6.45, 7) is 1.93. The molecule has 0 aliphatic carbocycles. The van der Waals surface area contributed by atoms with E-state index in [0.717, 1.165) is 22.6 Å². The third-order valence-electron chi connectivity index (χ3n) is 4.80. The zero-order valence-corrected chi connectivity index (χ0v) is 15.3. The Hall–Kier alpha value is -3.34. The predicted octanol–water partition coefficient (Wildman–Crippen LogP) is 4.59.